The molecule has 0 spiro atoms. The summed E-state index contributed by atoms with van der Waals surface area (Å²) in [6.45, 7) is 3.45. The lowest BCUT2D eigenvalue weighted by molar-refractivity contribution is -0.119. The van der Waals surface area contributed by atoms with Crippen LogP contribution in [0.1, 0.15) is 32.1 Å². The summed E-state index contributed by atoms with van der Waals surface area (Å²) in [5.74, 6) is 0.563. The lowest BCUT2D eigenvalue weighted by Crippen LogP contribution is -2.07. The van der Waals surface area contributed by atoms with Crippen LogP contribution < -0.4 is 0 Å². The van der Waals surface area contributed by atoms with Gasteiger partial charge in [-0.1, -0.05) is 12.1 Å². The van der Waals surface area contributed by atoms with Crippen LogP contribution in [0.15, 0.2) is 29.0 Å². The summed E-state index contributed by atoms with van der Waals surface area (Å²) < 4.78 is 5.12. The van der Waals surface area contributed by atoms with Gasteiger partial charge in [-0.05, 0) is 25.5 Å². The Bertz CT molecular complexity index is 507. The zero-order valence-corrected chi connectivity index (χ0v) is 9.75. The fraction of sp³-hybridized carbons (Fsp3) is 0.333. The van der Waals surface area contributed by atoms with E-state index in [9.17, 15) is 4.79 Å². The van der Waals surface area contributed by atoms with E-state index in [0.717, 1.165) is 5.56 Å². The number of aromatic nitrogens is 3. The molecule has 0 amide bonds. The van der Waals surface area contributed by atoms with Gasteiger partial charge < -0.3 is 4.52 Å². The fourth-order valence-electron chi connectivity index (χ4n) is 1.62. The topological polar surface area (TPSA) is 68.9 Å². The molecule has 0 fully saturated rings. The van der Waals surface area contributed by atoms with Gasteiger partial charge in [-0.3, -0.25) is 9.78 Å². The molecule has 1 unspecified atom stereocenters. The minimum absolute atomic E-state index is 0.0360. The van der Waals surface area contributed by atoms with E-state index in [0.29, 0.717) is 18.1 Å². The van der Waals surface area contributed by atoms with E-state index >= 15 is 0 Å². The predicted octanol–water partition coefficient (Wildman–Crippen LogP) is 2.21. The third-order valence-corrected chi connectivity index (χ3v) is 2.56. The van der Waals surface area contributed by atoms with Crippen molar-refractivity contribution >= 4 is 5.78 Å². The van der Waals surface area contributed by atoms with Crippen LogP contribution >= 0.6 is 0 Å². The molecule has 5 heteroatoms. The third kappa shape index (κ3) is 2.38. The number of carbonyl (C=O) groups excluding carboxylic acids is 1. The number of pyridine rings is 1. The SMILES string of the molecule is CCC(C(C)=O)c1nc(-c2cccnc2)no1. The van der Waals surface area contributed by atoms with Gasteiger partial charge >= 0.3 is 0 Å². The molecule has 0 N–H and O–H groups in total. The number of hydrogen-bond acceptors (Lipinski definition) is 5. The average molecular weight is 231 g/mol. The summed E-state index contributed by atoms with van der Waals surface area (Å²) in [6, 6.07) is 3.64. The van der Waals surface area contributed by atoms with Crippen molar-refractivity contribution in [1.82, 2.24) is 15.1 Å². The average Bonchev–Trinajstić information content (AvgIpc) is 2.80. The second-order valence-corrected chi connectivity index (χ2v) is 3.77. The van der Waals surface area contributed by atoms with Gasteiger partial charge in [-0.15, -0.1) is 0 Å². The highest BCUT2D eigenvalue weighted by molar-refractivity contribution is 5.82. The number of Topliss-reactive ketones (excluding diaryl/α,β-unsaturated/α-hetero) is 1. The molecule has 2 aromatic heterocycles. The molecule has 0 radical (unpaired) electrons. The number of nitrogens with zero attached hydrogens (tertiary/aromatic N) is 3. The minimum Gasteiger partial charge on any atom is -0.338 e. The molecule has 88 valence electrons. The van der Waals surface area contributed by atoms with Gasteiger partial charge in [0.25, 0.3) is 0 Å². The van der Waals surface area contributed by atoms with Crippen molar-refractivity contribution in [3.05, 3.63) is 30.4 Å². The molecule has 2 rings (SSSR count). The largest absolute Gasteiger partial charge is 0.338 e. The number of hydrogen-bond donors (Lipinski definition) is 0. The molecule has 0 saturated carbocycles. The first-order valence-corrected chi connectivity index (χ1v) is 5.46. The fourth-order valence-corrected chi connectivity index (χ4v) is 1.62. The first kappa shape index (κ1) is 11.4. The zero-order chi connectivity index (χ0) is 12.3. The Balaban J connectivity index is 2.30. The quantitative estimate of drug-likeness (QED) is 0.806. The van der Waals surface area contributed by atoms with Gasteiger partial charge in [0, 0.05) is 18.0 Å². The van der Waals surface area contributed by atoms with Gasteiger partial charge in [-0.25, -0.2) is 0 Å². The maximum absolute atomic E-state index is 11.4. The number of ketones is 1. The lowest BCUT2D eigenvalue weighted by Gasteiger charge is -2.03. The molecular weight excluding hydrogens is 218 g/mol. The molecule has 0 aliphatic heterocycles. The standard InChI is InChI=1S/C12H13N3O2/c1-3-10(8(2)16)12-14-11(15-17-12)9-5-4-6-13-7-9/h4-7,10H,3H2,1-2H3. The number of rotatable bonds is 4. The smallest absolute Gasteiger partial charge is 0.237 e. The van der Waals surface area contributed by atoms with Crippen LogP contribution in [-0.4, -0.2) is 20.9 Å². The molecule has 2 heterocycles. The molecule has 1 atom stereocenters. The summed E-state index contributed by atoms with van der Waals surface area (Å²) >= 11 is 0. The van der Waals surface area contributed by atoms with Crippen molar-refractivity contribution in [1.29, 1.82) is 0 Å². The Labute approximate surface area is 98.9 Å². The minimum atomic E-state index is -0.312. The first-order valence-electron chi connectivity index (χ1n) is 5.46. The highest BCUT2D eigenvalue weighted by atomic mass is 16.5. The van der Waals surface area contributed by atoms with E-state index in [-0.39, 0.29) is 11.7 Å². The molecule has 0 aliphatic carbocycles. The van der Waals surface area contributed by atoms with E-state index in [1.807, 2.05) is 13.0 Å². The van der Waals surface area contributed by atoms with Crippen molar-refractivity contribution in [2.24, 2.45) is 0 Å². The second-order valence-electron chi connectivity index (χ2n) is 3.77. The Kier molecular flexibility index (Phi) is 3.27. The van der Waals surface area contributed by atoms with Gasteiger partial charge in [-0.2, -0.15) is 4.98 Å². The maximum atomic E-state index is 11.4. The van der Waals surface area contributed by atoms with Crippen molar-refractivity contribution < 1.29 is 9.32 Å². The molecule has 0 bridgehead atoms. The Morgan fingerprint density at radius 2 is 2.35 bits per heavy atom. The highest BCUT2D eigenvalue weighted by Crippen LogP contribution is 2.22. The van der Waals surface area contributed by atoms with Crippen LogP contribution in [0, 0.1) is 0 Å². The van der Waals surface area contributed by atoms with Crippen LogP contribution in [0.2, 0.25) is 0 Å². The zero-order valence-electron chi connectivity index (χ0n) is 9.75. The van der Waals surface area contributed by atoms with Gasteiger partial charge in [0.05, 0.1) is 5.92 Å². The van der Waals surface area contributed by atoms with E-state index < -0.39 is 0 Å². The van der Waals surface area contributed by atoms with E-state index in [1.165, 1.54) is 6.92 Å². The maximum Gasteiger partial charge on any atom is 0.237 e. The van der Waals surface area contributed by atoms with Crippen molar-refractivity contribution in [2.45, 2.75) is 26.2 Å². The van der Waals surface area contributed by atoms with Crippen molar-refractivity contribution in [3.63, 3.8) is 0 Å². The molecule has 0 aromatic carbocycles. The van der Waals surface area contributed by atoms with Crippen molar-refractivity contribution in [3.8, 4) is 11.4 Å². The number of carbonyl (C=O) groups is 1. The third-order valence-electron chi connectivity index (χ3n) is 2.56. The molecule has 17 heavy (non-hydrogen) atoms. The normalized spacial score (nSPS) is 12.4. The monoisotopic (exact) mass is 231 g/mol. The predicted molar refractivity (Wildman–Crippen MR) is 61.2 cm³/mol. The van der Waals surface area contributed by atoms with E-state index in [1.54, 1.807) is 18.5 Å². The highest BCUT2D eigenvalue weighted by Gasteiger charge is 2.21. The summed E-state index contributed by atoms with van der Waals surface area (Å²) in [5, 5.41) is 3.86. The molecule has 2 aromatic rings. The second kappa shape index (κ2) is 4.86. The van der Waals surface area contributed by atoms with E-state index in [2.05, 4.69) is 15.1 Å². The van der Waals surface area contributed by atoms with Crippen LogP contribution in [0.5, 0.6) is 0 Å². The van der Waals surface area contributed by atoms with Crippen LogP contribution in [0.4, 0.5) is 0 Å². The van der Waals surface area contributed by atoms with Crippen molar-refractivity contribution in [2.75, 3.05) is 0 Å². The van der Waals surface area contributed by atoms with Crippen LogP contribution in [0.3, 0.4) is 0 Å². The van der Waals surface area contributed by atoms with E-state index in [4.69, 9.17) is 4.52 Å². The Morgan fingerprint density at radius 1 is 1.53 bits per heavy atom. The molecule has 0 aliphatic rings. The Morgan fingerprint density at radius 3 is 2.94 bits per heavy atom. The van der Waals surface area contributed by atoms with Gasteiger partial charge in [0.1, 0.15) is 5.78 Å². The molecular formula is C12H13N3O2. The summed E-state index contributed by atoms with van der Waals surface area (Å²) in [4.78, 5) is 19.6. The van der Waals surface area contributed by atoms with Gasteiger partial charge in [0.15, 0.2) is 0 Å². The summed E-state index contributed by atoms with van der Waals surface area (Å²) in [7, 11) is 0. The summed E-state index contributed by atoms with van der Waals surface area (Å²) in [6.07, 6.45) is 3.99. The lowest BCUT2D eigenvalue weighted by atomic mass is 10.0. The molecule has 5 nitrogen and oxygen atoms in total. The summed E-state index contributed by atoms with van der Waals surface area (Å²) in [5.41, 5.74) is 0.779. The Hall–Kier alpha value is -2.04. The van der Waals surface area contributed by atoms with Crippen LogP contribution in [0.25, 0.3) is 11.4 Å². The van der Waals surface area contributed by atoms with Crippen LogP contribution in [-0.2, 0) is 4.79 Å². The van der Waals surface area contributed by atoms with Gasteiger partial charge in [0.2, 0.25) is 11.7 Å². The molecule has 0 saturated heterocycles. The first-order chi connectivity index (χ1) is 8.22.